The van der Waals surface area contributed by atoms with Crippen LogP contribution in [0.2, 0.25) is 19.6 Å². The van der Waals surface area contributed by atoms with Gasteiger partial charge in [0.2, 0.25) is 0 Å². The molecule has 4 aliphatic rings. The van der Waals surface area contributed by atoms with Gasteiger partial charge in [0.05, 0.1) is 33.9 Å². The third-order valence-corrected chi connectivity index (χ3v) is 12.1. The highest BCUT2D eigenvalue weighted by Gasteiger charge is 2.52. The van der Waals surface area contributed by atoms with Crippen molar-refractivity contribution in [3.05, 3.63) is 81.5 Å². The Kier molecular flexibility index (Phi) is 11.5. The number of rotatable bonds is 6. The third-order valence-electron chi connectivity index (χ3n) is 9.84. The molecule has 6 nitrogen and oxygen atoms in total. The number of alkyl halides is 6. The topological polar surface area (TPSA) is 84.3 Å². The summed E-state index contributed by atoms with van der Waals surface area (Å²) in [6, 6.07) is 2.59. The molecule has 2 aromatic heterocycles. The first kappa shape index (κ1) is 39.8. The molecular weight excluding hydrogens is 838 g/mol. The van der Waals surface area contributed by atoms with Crippen molar-refractivity contribution < 1.29 is 26.3 Å². The van der Waals surface area contributed by atoms with E-state index in [1.807, 2.05) is 36.4 Å². The monoisotopic (exact) mass is 876 g/mol. The van der Waals surface area contributed by atoms with Crippen molar-refractivity contribution in [2.24, 2.45) is 11.5 Å². The molecule has 0 spiro atoms. The normalized spacial score (nSPS) is 28.8. The Labute approximate surface area is 319 Å². The molecule has 274 valence electrons. The average molecular weight is 877 g/mol. The standard InChI is InChI=1S/C20H24F3N3SSi.C15H15F3IN3S/c1-28(2,3)7-6-14-8-15(12-25-11-14)19(18(24)27)9-16-4-5-17(10-19)26(16)13-20(21,22)23;16-15(17,18)8-22-11-1-2-12(22)5-14(4-11,13(20)23)9-3-10(19)7-21-6-9/h4-5,8,11-12,16-17H,9-10,13H2,1-3H3,(H2,24,27);1-3,6-7,11-12H,4-5,8H2,(H2,20,23)/t16-,17+,19?;11-,12+,14?. The van der Waals surface area contributed by atoms with E-state index >= 15 is 0 Å². The molecule has 4 bridgehead atoms. The van der Waals surface area contributed by atoms with Gasteiger partial charge in [-0.05, 0) is 71.5 Å². The van der Waals surface area contributed by atoms with E-state index in [0.29, 0.717) is 35.7 Å². The number of nitrogens with two attached hydrogens (primary N) is 2. The Bertz CT molecular complexity index is 1750. The van der Waals surface area contributed by atoms with Gasteiger partial charge in [-0.3, -0.25) is 19.8 Å². The molecule has 6 heterocycles. The van der Waals surface area contributed by atoms with Gasteiger partial charge in [0.25, 0.3) is 0 Å². The lowest BCUT2D eigenvalue weighted by Gasteiger charge is -2.46. The number of pyridine rings is 2. The second-order valence-electron chi connectivity index (χ2n) is 14.7. The predicted octanol–water partition coefficient (Wildman–Crippen LogP) is 6.97. The second-order valence-corrected chi connectivity index (χ2v) is 21.6. The maximum atomic E-state index is 13.0. The van der Waals surface area contributed by atoms with Crippen LogP contribution in [0.4, 0.5) is 26.3 Å². The molecule has 0 aromatic carbocycles. The van der Waals surface area contributed by atoms with Crippen LogP contribution in [0.15, 0.2) is 61.2 Å². The van der Waals surface area contributed by atoms with Crippen molar-refractivity contribution in [1.29, 1.82) is 0 Å². The lowest BCUT2D eigenvalue weighted by Crippen LogP contribution is -2.56. The zero-order chi connectivity index (χ0) is 37.6. The quantitative estimate of drug-likeness (QED) is 0.0805. The highest BCUT2D eigenvalue weighted by Crippen LogP contribution is 2.47. The Balaban J connectivity index is 0.000000201. The van der Waals surface area contributed by atoms with Gasteiger partial charge in [-0.2, -0.15) is 26.3 Å². The van der Waals surface area contributed by atoms with Crippen LogP contribution in [0, 0.1) is 15.0 Å². The fourth-order valence-corrected chi connectivity index (χ4v) is 9.11. The molecule has 4 N–H and O–H groups in total. The van der Waals surface area contributed by atoms with Crippen molar-refractivity contribution in [3.8, 4) is 11.5 Å². The van der Waals surface area contributed by atoms with Crippen LogP contribution in [0.5, 0.6) is 0 Å². The Morgan fingerprint density at radius 2 is 1.16 bits per heavy atom. The van der Waals surface area contributed by atoms with Gasteiger partial charge < -0.3 is 11.5 Å². The zero-order valence-corrected chi connectivity index (χ0v) is 33.0. The fraction of sp³-hybridized carbons (Fsp3) is 0.486. The van der Waals surface area contributed by atoms with Crippen LogP contribution in [0.25, 0.3) is 0 Å². The van der Waals surface area contributed by atoms with E-state index in [-0.39, 0.29) is 24.2 Å². The van der Waals surface area contributed by atoms with Crippen molar-refractivity contribution in [2.45, 2.75) is 92.7 Å². The largest absolute Gasteiger partial charge is 0.401 e. The number of halogens is 7. The Morgan fingerprint density at radius 1 is 0.765 bits per heavy atom. The van der Waals surface area contributed by atoms with E-state index in [0.717, 1.165) is 20.3 Å². The van der Waals surface area contributed by atoms with E-state index in [2.05, 4.69) is 63.7 Å². The lowest BCUT2D eigenvalue weighted by molar-refractivity contribution is -0.155. The number of piperidine rings is 2. The number of thiocarbonyl (C=S) groups is 2. The van der Waals surface area contributed by atoms with Crippen molar-refractivity contribution in [1.82, 2.24) is 19.8 Å². The minimum absolute atomic E-state index is 0.301. The molecule has 0 amide bonds. The molecule has 2 saturated heterocycles. The van der Waals surface area contributed by atoms with Gasteiger partial charge in [-0.15, -0.1) is 5.54 Å². The van der Waals surface area contributed by atoms with E-state index < -0.39 is 44.3 Å². The molecule has 0 radical (unpaired) electrons. The van der Waals surface area contributed by atoms with Crippen molar-refractivity contribution in [2.75, 3.05) is 13.1 Å². The van der Waals surface area contributed by atoms with Gasteiger partial charge in [0.1, 0.15) is 8.07 Å². The molecule has 2 fully saturated rings. The van der Waals surface area contributed by atoms with Crippen LogP contribution < -0.4 is 11.5 Å². The van der Waals surface area contributed by atoms with Crippen LogP contribution >= 0.6 is 47.0 Å². The Morgan fingerprint density at radius 3 is 1.51 bits per heavy atom. The predicted molar refractivity (Wildman–Crippen MR) is 206 cm³/mol. The number of hydrogen-bond acceptors (Lipinski definition) is 6. The summed E-state index contributed by atoms with van der Waals surface area (Å²) in [6.45, 7) is 4.64. The smallest absolute Gasteiger partial charge is 0.393 e. The summed E-state index contributed by atoms with van der Waals surface area (Å²) in [5.74, 6) is 3.19. The van der Waals surface area contributed by atoms with Gasteiger partial charge in [-0.1, -0.05) is 74.3 Å². The number of nitrogens with zero attached hydrogens (tertiary/aromatic N) is 4. The SMILES string of the molecule is C[Si](C)(C)C#Cc1cncc(C2(C(N)=S)C[C@H]3C=C[C@@H](C2)N3CC(F)(F)F)c1.NC(=S)C1(c2cncc(I)c2)C[C@H]2C=C[C@@H](C1)N2CC(F)(F)F. The molecular formula is C35H39F6IN6S2Si. The third kappa shape index (κ3) is 9.21. The summed E-state index contributed by atoms with van der Waals surface area (Å²) >= 11 is 12.9. The molecule has 2 aromatic rings. The second kappa shape index (κ2) is 14.8. The van der Waals surface area contributed by atoms with Crippen molar-refractivity contribution in [3.63, 3.8) is 0 Å². The molecule has 0 saturated carbocycles. The van der Waals surface area contributed by atoms with Gasteiger partial charge in [-0.25, -0.2) is 0 Å². The van der Waals surface area contributed by atoms with E-state index in [1.54, 1.807) is 24.8 Å². The molecule has 6 rings (SSSR count). The fourth-order valence-electron chi connectivity index (χ4n) is 7.53. The summed E-state index contributed by atoms with van der Waals surface area (Å²) in [4.78, 5) is 12.1. The highest BCUT2D eigenvalue weighted by molar-refractivity contribution is 14.1. The van der Waals surface area contributed by atoms with E-state index in [4.69, 9.17) is 35.9 Å². The summed E-state index contributed by atoms with van der Waals surface area (Å²) < 4.78 is 78.3. The van der Waals surface area contributed by atoms with Crippen LogP contribution in [0.1, 0.15) is 42.4 Å². The first-order valence-electron chi connectivity index (χ1n) is 16.3. The first-order chi connectivity index (χ1) is 23.6. The summed E-state index contributed by atoms with van der Waals surface area (Å²) in [7, 11) is -1.54. The number of hydrogen-bond donors (Lipinski definition) is 2. The van der Waals surface area contributed by atoms with E-state index in [1.165, 1.54) is 9.80 Å². The van der Waals surface area contributed by atoms with Crippen LogP contribution in [-0.4, -0.2) is 87.4 Å². The molecule has 0 aliphatic carbocycles. The summed E-state index contributed by atoms with van der Waals surface area (Å²) in [5, 5.41) is 0. The van der Waals surface area contributed by atoms with E-state index in [9.17, 15) is 26.3 Å². The minimum atomic E-state index is -4.24. The maximum Gasteiger partial charge on any atom is 0.401 e. The molecule has 51 heavy (non-hydrogen) atoms. The molecule has 4 aliphatic heterocycles. The highest BCUT2D eigenvalue weighted by atomic mass is 127. The summed E-state index contributed by atoms with van der Waals surface area (Å²) in [5.41, 5.74) is 16.7. The maximum absolute atomic E-state index is 13.0. The van der Waals surface area contributed by atoms with Gasteiger partial charge >= 0.3 is 12.4 Å². The number of aromatic nitrogens is 2. The zero-order valence-electron chi connectivity index (χ0n) is 28.2. The number of fused-ring (bicyclic) bond motifs is 4. The first-order valence-corrected chi connectivity index (χ1v) is 21.7. The minimum Gasteiger partial charge on any atom is -0.393 e. The molecule has 2 unspecified atom stereocenters. The average Bonchev–Trinajstić information content (AvgIpc) is 3.36. The van der Waals surface area contributed by atoms with Crippen molar-refractivity contribution >= 4 is 65.1 Å². The van der Waals surface area contributed by atoms with Gasteiger partial charge in [0.15, 0.2) is 0 Å². The van der Waals surface area contributed by atoms with Crippen LogP contribution in [0.3, 0.4) is 0 Å². The van der Waals surface area contributed by atoms with Gasteiger partial charge in [0, 0.05) is 58.1 Å². The molecule has 16 heteroatoms. The lowest BCUT2D eigenvalue weighted by atomic mass is 9.69. The molecule has 6 atom stereocenters. The Hall–Kier alpha value is -2.43. The summed E-state index contributed by atoms with van der Waals surface area (Å²) in [6.07, 6.45) is 7.54. The van der Waals surface area contributed by atoms with Crippen LogP contribution in [-0.2, 0) is 10.8 Å².